The van der Waals surface area contributed by atoms with Crippen molar-refractivity contribution in [3.8, 4) is 17.0 Å². The number of hydrogen-bond acceptors (Lipinski definition) is 3. The minimum Gasteiger partial charge on any atom is -0.494 e. The molecule has 2 unspecified atom stereocenters. The van der Waals surface area contributed by atoms with Gasteiger partial charge in [0, 0.05) is 11.8 Å². The van der Waals surface area contributed by atoms with E-state index in [1.807, 2.05) is 12.4 Å². The predicted molar refractivity (Wildman–Crippen MR) is 117 cm³/mol. The van der Waals surface area contributed by atoms with Gasteiger partial charge in [-0.1, -0.05) is 58.8 Å². The molecule has 0 bridgehead atoms. The smallest absolute Gasteiger partial charge is 0.119 e. The van der Waals surface area contributed by atoms with Crippen molar-refractivity contribution in [2.75, 3.05) is 6.61 Å². The lowest BCUT2D eigenvalue weighted by atomic mass is 9.75. The summed E-state index contributed by atoms with van der Waals surface area (Å²) in [5.41, 5.74) is 3.07. The first kappa shape index (κ1) is 20.8. The Hall–Kier alpha value is -1.90. The molecule has 0 radical (unpaired) electrons. The Balaban J connectivity index is 1.44. The van der Waals surface area contributed by atoms with E-state index in [9.17, 15) is 0 Å². The van der Waals surface area contributed by atoms with Crippen LogP contribution in [0.3, 0.4) is 0 Å². The van der Waals surface area contributed by atoms with Crippen molar-refractivity contribution in [2.45, 2.75) is 78.1 Å². The third-order valence-electron chi connectivity index (χ3n) is 6.08. The molecule has 1 fully saturated rings. The molecule has 1 aliphatic carbocycles. The highest BCUT2D eigenvalue weighted by Gasteiger charge is 2.23. The molecular weight excluding hydrogens is 344 g/mol. The Morgan fingerprint density at radius 1 is 0.893 bits per heavy atom. The van der Waals surface area contributed by atoms with E-state index < -0.39 is 0 Å². The molecule has 0 N–H and O–H groups in total. The average Bonchev–Trinajstić information content (AvgIpc) is 2.74. The van der Waals surface area contributed by atoms with E-state index >= 15 is 0 Å². The highest BCUT2D eigenvalue weighted by Crippen LogP contribution is 2.36. The molecule has 0 aliphatic heterocycles. The maximum Gasteiger partial charge on any atom is 0.119 e. The first-order chi connectivity index (χ1) is 13.8. The first-order valence-electron chi connectivity index (χ1n) is 11.3. The third kappa shape index (κ3) is 6.05. The van der Waals surface area contributed by atoms with Crippen LogP contribution in [0.1, 0.15) is 77.3 Å². The van der Waals surface area contributed by atoms with Crippen LogP contribution in [0, 0.1) is 11.8 Å². The van der Waals surface area contributed by atoms with E-state index in [-0.39, 0.29) is 0 Å². The fourth-order valence-electron chi connectivity index (χ4n) is 4.56. The van der Waals surface area contributed by atoms with Gasteiger partial charge in [0.2, 0.25) is 0 Å². The zero-order valence-corrected chi connectivity index (χ0v) is 17.7. The quantitative estimate of drug-likeness (QED) is 0.422. The van der Waals surface area contributed by atoms with Gasteiger partial charge in [-0.2, -0.15) is 0 Å². The van der Waals surface area contributed by atoms with E-state index in [0.717, 1.165) is 60.4 Å². The molecule has 3 nitrogen and oxygen atoms in total. The summed E-state index contributed by atoms with van der Waals surface area (Å²) in [7, 11) is 0. The predicted octanol–water partition coefficient (Wildman–Crippen LogP) is 6.86. The van der Waals surface area contributed by atoms with Gasteiger partial charge in [-0.15, -0.1) is 0 Å². The van der Waals surface area contributed by atoms with Gasteiger partial charge < -0.3 is 4.74 Å². The summed E-state index contributed by atoms with van der Waals surface area (Å²) >= 11 is 0. The largest absolute Gasteiger partial charge is 0.494 e. The zero-order valence-electron chi connectivity index (χ0n) is 17.7. The maximum absolute atomic E-state index is 6.00. The number of rotatable bonds is 10. The fraction of sp³-hybridized carbons (Fsp3) is 0.600. The van der Waals surface area contributed by atoms with Crippen molar-refractivity contribution in [1.82, 2.24) is 9.97 Å². The number of ether oxygens (including phenoxy) is 1. The topological polar surface area (TPSA) is 35.0 Å². The summed E-state index contributed by atoms with van der Waals surface area (Å²) in [5, 5.41) is 0. The highest BCUT2D eigenvalue weighted by molar-refractivity contribution is 5.58. The van der Waals surface area contributed by atoms with E-state index in [2.05, 4.69) is 48.1 Å². The van der Waals surface area contributed by atoms with Gasteiger partial charge in [0.1, 0.15) is 5.75 Å². The van der Waals surface area contributed by atoms with Gasteiger partial charge in [-0.25, -0.2) is 0 Å². The summed E-state index contributed by atoms with van der Waals surface area (Å²) in [6.07, 6.45) is 16.8. The van der Waals surface area contributed by atoms with Gasteiger partial charge in [-0.3, -0.25) is 9.97 Å². The monoisotopic (exact) mass is 380 g/mol. The van der Waals surface area contributed by atoms with Gasteiger partial charge >= 0.3 is 0 Å². The van der Waals surface area contributed by atoms with Crippen molar-refractivity contribution in [1.29, 1.82) is 0 Å². The van der Waals surface area contributed by atoms with E-state index in [1.54, 1.807) is 0 Å². The number of nitrogens with zero attached hydrogens (tertiary/aromatic N) is 2. The standard InChI is InChI=1S/C25H36N2O/c1-3-8-20-10-5-6-11-21(20)12-7-17-28-24-15-13-22(14-16-24)25-19-26-23(9-4-2)18-27-25/h13-16,18-21H,3-12,17H2,1-2H3. The lowest BCUT2D eigenvalue weighted by Gasteiger charge is -2.31. The Labute approximate surface area is 171 Å². The normalized spacial score (nSPS) is 19.5. The number of aromatic nitrogens is 2. The van der Waals surface area contributed by atoms with Crippen LogP contribution in [-0.4, -0.2) is 16.6 Å². The molecule has 2 atom stereocenters. The Morgan fingerprint density at radius 3 is 2.29 bits per heavy atom. The average molecular weight is 381 g/mol. The molecular formula is C25H36N2O. The van der Waals surface area contributed by atoms with Crippen LogP contribution in [0.2, 0.25) is 0 Å². The number of benzene rings is 1. The maximum atomic E-state index is 6.00. The molecule has 0 amide bonds. The molecule has 28 heavy (non-hydrogen) atoms. The Bertz CT molecular complexity index is 679. The molecule has 2 aromatic rings. The van der Waals surface area contributed by atoms with Crippen LogP contribution in [-0.2, 0) is 6.42 Å². The number of hydrogen-bond donors (Lipinski definition) is 0. The molecule has 0 saturated heterocycles. The zero-order chi connectivity index (χ0) is 19.6. The van der Waals surface area contributed by atoms with Gasteiger partial charge in [0.15, 0.2) is 0 Å². The molecule has 3 heteroatoms. The van der Waals surface area contributed by atoms with E-state index in [0.29, 0.717) is 0 Å². The summed E-state index contributed by atoms with van der Waals surface area (Å²) in [5.74, 6) is 2.84. The van der Waals surface area contributed by atoms with Gasteiger partial charge in [0.05, 0.1) is 24.2 Å². The molecule has 1 aliphatic rings. The molecule has 1 saturated carbocycles. The van der Waals surface area contributed by atoms with Crippen molar-refractivity contribution < 1.29 is 4.74 Å². The summed E-state index contributed by atoms with van der Waals surface area (Å²) in [6.45, 7) is 5.30. The highest BCUT2D eigenvalue weighted by atomic mass is 16.5. The molecule has 3 rings (SSSR count). The van der Waals surface area contributed by atoms with Crippen LogP contribution in [0.15, 0.2) is 36.7 Å². The third-order valence-corrected chi connectivity index (χ3v) is 6.08. The van der Waals surface area contributed by atoms with Gasteiger partial charge in [-0.05, 0) is 55.4 Å². The molecule has 1 aromatic heterocycles. The molecule has 0 spiro atoms. The minimum atomic E-state index is 0.820. The van der Waals surface area contributed by atoms with Crippen LogP contribution >= 0.6 is 0 Å². The Morgan fingerprint density at radius 2 is 1.64 bits per heavy atom. The van der Waals surface area contributed by atoms with Crippen molar-refractivity contribution >= 4 is 0 Å². The van der Waals surface area contributed by atoms with E-state index in [4.69, 9.17) is 4.74 Å². The lowest BCUT2D eigenvalue weighted by Crippen LogP contribution is -2.20. The Kier molecular flexibility index (Phi) is 8.32. The summed E-state index contributed by atoms with van der Waals surface area (Å²) in [6, 6.07) is 8.27. The van der Waals surface area contributed by atoms with Crippen LogP contribution in [0.25, 0.3) is 11.3 Å². The van der Waals surface area contributed by atoms with Crippen molar-refractivity contribution in [2.24, 2.45) is 11.8 Å². The number of aryl methyl sites for hydroxylation is 1. The van der Waals surface area contributed by atoms with Crippen molar-refractivity contribution in [3.05, 3.63) is 42.4 Å². The van der Waals surface area contributed by atoms with Crippen LogP contribution < -0.4 is 4.74 Å². The lowest BCUT2D eigenvalue weighted by molar-refractivity contribution is 0.193. The molecule has 1 aromatic carbocycles. The minimum absolute atomic E-state index is 0.820. The van der Waals surface area contributed by atoms with Gasteiger partial charge in [0.25, 0.3) is 0 Å². The SMILES string of the molecule is CCCc1cnc(-c2ccc(OCCCC3CCCCC3CCC)cc2)cn1. The van der Waals surface area contributed by atoms with Crippen LogP contribution in [0.4, 0.5) is 0 Å². The molecule has 152 valence electrons. The molecule has 1 heterocycles. The second-order valence-electron chi connectivity index (χ2n) is 8.25. The fourth-order valence-corrected chi connectivity index (χ4v) is 4.56. The second-order valence-corrected chi connectivity index (χ2v) is 8.25. The van der Waals surface area contributed by atoms with E-state index in [1.165, 1.54) is 44.9 Å². The summed E-state index contributed by atoms with van der Waals surface area (Å²) in [4.78, 5) is 9.04. The summed E-state index contributed by atoms with van der Waals surface area (Å²) < 4.78 is 6.00. The van der Waals surface area contributed by atoms with Crippen molar-refractivity contribution in [3.63, 3.8) is 0 Å². The first-order valence-corrected chi connectivity index (χ1v) is 11.3. The second kappa shape index (κ2) is 11.2. The van der Waals surface area contributed by atoms with Crippen LogP contribution in [0.5, 0.6) is 5.75 Å².